The number of aromatic nitrogens is 5. The zero-order chi connectivity index (χ0) is 26.1. The number of hydrogen-bond donors (Lipinski definition) is 4. The van der Waals surface area contributed by atoms with Gasteiger partial charge in [-0.25, -0.2) is 13.8 Å². The number of nitrogens with zero attached hydrogens (tertiary/aromatic N) is 6. The molecule has 4 rings (SSSR count). The minimum Gasteiger partial charge on any atom is -0.441 e. The molecule has 3 aromatic rings. The van der Waals surface area contributed by atoms with Crippen LogP contribution < -0.4 is 4.90 Å². The van der Waals surface area contributed by atoms with E-state index in [0.29, 0.717) is 0 Å². The van der Waals surface area contributed by atoms with Crippen molar-refractivity contribution < 1.29 is 42.4 Å². The van der Waals surface area contributed by atoms with E-state index in [1.165, 1.54) is 24.1 Å². The van der Waals surface area contributed by atoms with E-state index in [1.54, 1.807) is 0 Å². The van der Waals surface area contributed by atoms with Crippen LogP contribution >= 0.6 is 7.82 Å². The molecule has 32 heavy (non-hydrogen) atoms. The first-order valence-corrected chi connectivity index (χ1v) is 10.3. The fraction of sp³-hybridized carbons (Fsp3) is 0.235. The van der Waals surface area contributed by atoms with Gasteiger partial charge in [0.05, 0.1) is 30.0 Å². The van der Waals surface area contributed by atoms with Gasteiger partial charge in [0.2, 0.25) is 5.82 Å². The predicted octanol–water partition coefficient (Wildman–Crippen LogP) is 0.467. The molecule has 1 aliphatic heterocycles. The number of hydrogen-bond acceptors (Lipinski definition) is 8. The third-order valence-corrected chi connectivity index (χ3v) is 3.92. The lowest BCUT2D eigenvalue weighted by Crippen LogP contribution is -2.25. The number of ether oxygens (including phenoxy) is 1. The van der Waals surface area contributed by atoms with Crippen molar-refractivity contribution in [3.63, 3.8) is 0 Å². The number of amides is 1. The number of carbonyl (C=O) groups excluding carboxylic acids is 1. The predicted molar refractivity (Wildman–Crippen MR) is 106 cm³/mol. The lowest BCUT2D eigenvalue weighted by molar-refractivity contribution is 0.0963. The maximum absolute atomic E-state index is 14.9. The van der Waals surface area contributed by atoms with Gasteiger partial charge >= 0.3 is 13.9 Å². The van der Waals surface area contributed by atoms with Crippen molar-refractivity contribution >= 4 is 19.6 Å². The molecule has 0 aliphatic carbocycles. The van der Waals surface area contributed by atoms with E-state index in [4.69, 9.17) is 33.2 Å². The van der Waals surface area contributed by atoms with E-state index in [9.17, 15) is 9.18 Å². The Bertz CT molecular complexity index is 1320. The van der Waals surface area contributed by atoms with Crippen LogP contribution in [0.3, 0.4) is 0 Å². The maximum atomic E-state index is 14.9. The summed E-state index contributed by atoms with van der Waals surface area (Å²) >= 11 is 0. The standard InChI is InChI=1S/C17H15FN6O3.H3O4P/c1-23-21-16(20-22-23)15-5-2-10(7-19-15)13-4-3-11(6-14(13)18)24-8-12(9-25)27-17(24)26;1-5(2,3)4/h2-7,12,25H,8-9H2,1H3;(H3,1,2,3,4)/t12-;/m1./s1/i2D,5D,7D;. The number of pyridine rings is 1. The number of cyclic esters (lactones) is 1. The zero-order valence-electron chi connectivity index (χ0n) is 19.2. The molecule has 0 radical (unpaired) electrons. The molecular formula is C17H18FN6O7P. The summed E-state index contributed by atoms with van der Waals surface area (Å²) in [6.45, 7) is -0.280. The van der Waals surface area contributed by atoms with Crippen molar-refractivity contribution in [1.29, 1.82) is 0 Å². The molecule has 0 unspecified atom stereocenters. The van der Waals surface area contributed by atoms with Crippen molar-refractivity contribution in [2.24, 2.45) is 7.05 Å². The SMILES string of the molecule is O=P(O)(O)O.[2H]c1nc(-c2nnn(C)n2)c([2H])c([2H])c1-c1ccc(N2C[C@H](CO)OC2=O)cc1F. The lowest BCUT2D eigenvalue weighted by atomic mass is 10.1. The second-order valence-corrected chi connectivity index (χ2v) is 7.30. The summed E-state index contributed by atoms with van der Waals surface area (Å²) < 4.78 is 53.3. The summed E-state index contributed by atoms with van der Waals surface area (Å²) in [6.07, 6.45) is -1.83. The second-order valence-electron chi connectivity index (χ2n) is 6.28. The van der Waals surface area contributed by atoms with Crippen molar-refractivity contribution in [1.82, 2.24) is 25.2 Å². The molecule has 0 saturated carbocycles. The van der Waals surface area contributed by atoms with E-state index in [2.05, 4.69) is 20.4 Å². The molecule has 1 saturated heterocycles. The van der Waals surface area contributed by atoms with E-state index in [0.717, 1.165) is 10.9 Å². The van der Waals surface area contributed by atoms with Gasteiger partial charge in [-0.15, -0.1) is 10.2 Å². The quantitative estimate of drug-likeness (QED) is 0.388. The highest BCUT2D eigenvalue weighted by atomic mass is 31.2. The molecule has 0 spiro atoms. The van der Waals surface area contributed by atoms with Gasteiger partial charge in [0.25, 0.3) is 0 Å². The van der Waals surface area contributed by atoms with Crippen molar-refractivity contribution in [3.05, 3.63) is 42.3 Å². The molecule has 15 heteroatoms. The average Bonchev–Trinajstić information content (AvgIpc) is 3.36. The van der Waals surface area contributed by atoms with Gasteiger partial charge in [0.1, 0.15) is 17.6 Å². The molecule has 3 heterocycles. The molecule has 1 aliphatic rings. The van der Waals surface area contributed by atoms with E-state index < -0.39 is 38.1 Å². The van der Waals surface area contributed by atoms with Gasteiger partial charge in [-0.2, -0.15) is 4.80 Å². The highest BCUT2D eigenvalue weighted by Crippen LogP contribution is 2.29. The first-order valence-electron chi connectivity index (χ1n) is 10.2. The van der Waals surface area contributed by atoms with Gasteiger partial charge in [0.15, 0.2) is 0 Å². The summed E-state index contributed by atoms with van der Waals surface area (Å²) in [5.74, 6) is -0.820. The van der Waals surface area contributed by atoms with Crippen LogP contribution in [0.25, 0.3) is 22.6 Å². The van der Waals surface area contributed by atoms with Crippen LogP contribution in [0.1, 0.15) is 4.11 Å². The molecule has 0 bridgehead atoms. The van der Waals surface area contributed by atoms with Gasteiger partial charge in [-0.3, -0.25) is 9.88 Å². The minimum absolute atomic E-state index is 0.0159. The van der Waals surface area contributed by atoms with Crippen LogP contribution in [0.4, 0.5) is 14.9 Å². The first-order chi connectivity index (χ1) is 16.3. The molecule has 1 aromatic carbocycles. The van der Waals surface area contributed by atoms with Crippen molar-refractivity contribution in [2.75, 3.05) is 18.1 Å². The van der Waals surface area contributed by atoms with Crippen molar-refractivity contribution in [3.8, 4) is 22.6 Å². The largest absolute Gasteiger partial charge is 0.466 e. The van der Waals surface area contributed by atoms with Crippen molar-refractivity contribution in [2.45, 2.75) is 6.10 Å². The molecule has 1 atom stereocenters. The number of anilines is 1. The van der Waals surface area contributed by atoms with Gasteiger partial charge in [0, 0.05) is 17.3 Å². The number of phosphoric acid groups is 1. The van der Waals surface area contributed by atoms with Crippen LogP contribution in [0, 0.1) is 5.82 Å². The van der Waals surface area contributed by atoms with Gasteiger partial charge < -0.3 is 24.5 Å². The number of rotatable bonds is 4. The number of aryl methyl sites for hydroxylation is 1. The van der Waals surface area contributed by atoms with Gasteiger partial charge in [-0.1, -0.05) is 6.04 Å². The number of carbonyl (C=O) groups is 1. The monoisotopic (exact) mass is 471 g/mol. The number of tetrazole rings is 1. The summed E-state index contributed by atoms with van der Waals surface area (Å²) in [5.41, 5.74) is -0.183. The highest BCUT2D eigenvalue weighted by Gasteiger charge is 2.32. The van der Waals surface area contributed by atoms with Crippen LogP contribution in [0.2, 0.25) is 0 Å². The Kier molecular flexibility index (Phi) is 5.74. The summed E-state index contributed by atoms with van der Waals surface area (Å²) in [6, 6.07) is 3.02. The Morgan fingerprint density at radius 2 is 2.06 bits per heavy atom. The molecule has 1 amide bonds. The Morgan fingerprint density at radius 3 is 2.62 bits per heavy atom. The first kappa shape index (κ1) is 19.4. The van der Waals surface area contributed by atoms with Crippen LogP contribution in [-0.4, -0.2) is 70.3 Å². The smallest absolute Gasteiger partial charge is 0.441 e. The number of halogens is 1. The molecule has 4 N–H and O–H groups in total. The molecular weight excluding hydrogens is 450 g/mol. The summed E-state index contributed by atoms with van der Waals surface area (Å²) in [4.78, 5) is 39.8. The molecule has 2 aromatic heterocycles. The molecule has 170 valence electrons. The Morgan fingerprint density at radius 1 is 1.34 bits per heavy atom. The molecule has 1 fully saturated rings. The zero-order valence-corrected chi connectivity index (χ0v) is 17.1. The normalized spacial score (nSPS) is 17.2. The Hall–Kier alpha value is -3.29. The minimum atomic E-state index is -4.64. The van der Waals surface area contributed by atoms with Gasteiger partial charge in [-0.05, 0) is 29.5 Å². The van der Waals surface area contributed by atoms with Crippen LogP contribution in [0.15, 0.2) is 36.5 Å². The topological polar surface area (TPSA) is 184 Å². The maximum Gasteiger partial charge on any atom is 0.466 e. The second kappa shape index (κ2) is 9.46. The summed E-state index contributed by atoms with van der Waals surface area (Å²) in [5, 5.41) is 20.4. The highest BCUT2D eigenvalue weighted by molar-refractivity contribution is 7.45. The third kappa shape index (κ3) is 5.90. The fourth-order valence-corrected chi connectivity index (χ4v) is 2.60. The Balaban J connectivity index is 0.000000623. The number of aliphatic hydroxyl groups is 1. The third-order valence-electron chi connectivity index (χ3n) is 3.92. The summed E-state index contributed by atoms with van der Waals surface area (Å²) in [7, 11) is -3.12. The fourth-order valence-electron chi connectivity index (χ4n) is 2.60. The van der Waals surface area contributed by atoms with Crippen LogP contribution in [-0.2, 0) is 16.3 Å². The van der Waals surface area contributed by atoms with E-state index in [-0.39, 0.29) is 47.5 Å². The van der Waals surface area contributed by atoms with E-state index in [1.807, 2.05) is 0 Å². The lowest BCUT2D eigenvalue weighted by Gasteiger charge is -2.14. The van der Waals surface area contributed by atoms with E-state index >= 15 is 0 Å². The Labute approximate surface area is 184 Å². The number of benzene rings is 1. The molecule has 13 nitrogen and oxygen atoms in total. The average molecular weight is 471 g/mol. The van der Waals surface area contributed by atoms with Crippen LogP contribution in [0.5, 0.6) is 0 Å². The number of aliphatic hydroxyl groups excluding tert-OH is 1.